The SMILES string of the molecule is CCN1/C(=C/C=C2\CC/C(=C\C=C3\N(CC)c4ccc5ccccc5c4C3(C)C)C2=O)C(C)(C)c2cc(NC(C)=O)ccc21. The number of nitrogens with zero attached hydrogens (tertiary/aromatic N) is 2. The number of ketones is 1. The lowest BCUT2D eigenvalue weighted by molar-refractivity contribution is -0.114. The first kappa shape index (κ1) is 29.7. The molecule has 44 heavy (non-hydrogen) atoms. The minimum atomic E-state index is -0.265. The van der Waals surface area contributed by atoms with Crippen LogP contribution in [0.2, 0.25) is 0 Å². The summed E-state index contributed by atoms with van der Waals surface area (Å²) in [4.78, 5) is 30.0. The van der Waals surface area contributed by atoms with Gasteiger partial charge in [0.1, 0.15) is 0 Å². The molecule has 1 fully saturated rings. The second kappa shape index (κ2) is 11.0. The highest BCUT2D eigenvalue weighted by Crippen LogP contribution is 2.51. The summed E-state index contributed by atoms with van der Waals surface area (Å²) in [6.45, 7) is 16.6. The molecule has 1 aliphatic carbocycles. The number of hydrogen-bond donors (Lipinski definition) is 1. The van der Waals surface area contributed by atoms with Gasteiger partial charge < -0.3 is 15.1 Å². The molecule has 0 unspecified atom stereocenters. The van der Waals surface area contributed by atoms with E-state index < -0.39 is 0 Å². The molecule has 2 heterocycles. The van der Waals surface area contributed by atoms with Crippen molar-refractivity contribution in [2.75, 3.05) is 28.2 Å². The smallest absolute Gasteiger partial charge is 0.221 e. The van der Waals surface area contributed by atoms with Crippen LogP contribution in [-0.4, -0.2) is 24.8 Å². The van der Waals surface area contributed by atoms with E-state index in [0.717, 1.165) is 54.1 Å². The summed E-state index contributed by atoms with van der Waals surface area (Å²) in [5, 5.41) is 5.47. The van der Waals surface area contributed by atoms with Gasteiger partial charge >= 0.3 is 0 Å². The highest BCUT2D eigenvalue weighted by molar-refractivity contribution is 6.11. The van der Waals surface area contributed by atoms with E-state index in [-0.39, 0.29) is 22.5 Å². The van der Waals surface area contributed by atoms with E-state index in [1.807, 2.05) is 12.1 Å². The molecule has 0 spiro atoms. The van der Waals surface area contributed by atoms with Crippen LogP contribution in [0.4, 0.5) is 17.1 Å². The van der Waals surface area contributed by atoms with Crippen LogP contribution in [0, 0.1) is 0 Å². The molecule has 3 aromatic carbocycles. The predicted molar refractivity (Wildman–Crippen MR) is 183 cm³/mol. The lowest BCUT2D eigenvalue weighted by Gasteiger charge is -2.26. The van der Waals surface area contributed by atoms with Crippen molar-refractivity contribution in [1.82, 2.24) is 0 Å². The third-order valence-electron chi connectivity index (χ3n) is 9.73. The summed E-state index contributed by atoms with van der Waals surface area (Å²) in [7, 11) is 0. The Morgan fingerprint density at radius 2 is 1.39 bits per heavy atom. The van der Waals surface area contributed by atoms with Gasteiger partial charge in [0.25, 0.3) is 0 Å². The summed E-state index contributed by atoms with van der Waals surface area (Å²) in [5.74, 6) is 0.0644. The van der Waals surface area contributed by atoms with Crippen molar-refractivity contribution in [3.63, 3.8) is 0 Å². The maximum absolute atomic E-state index is 13.6. The van der Waals surface area contributed by atoms with Gasteiger partial charge in [0.05, 0.1) is 0 Å². The quantitative estimate of drug-likeness (QED) is 0.304. The fraction of sp³-hybridized carbons (Fsp3) is 0.333. The number of nitrogens with one attached hydrogen (secondary N) is 1. The van der Waals surface area contributed by atoms with Crippen molar-refractivity contribution >= 4 is 39.5 Å². The minimum Gasteiger partial charge on any atom is -0.344 e. The first-order valence-electron chi connectivity index (χ1n) is 15.9. The highest BCUT2D eigenvalue weighted by atomic mass is 16.1. The van der Waals surface area contributed by atoms with Crippen LogP contribution in [0.25, 0.3) is 10.8 Å². The molecule has 6 rings (SSSR count). The van der Waals surface area contributed by atoms with E-state index in [9.17, 15) is 9.59 Å². The molecule has 5 heteroatoms. The van der Waals surface area contributed by atoms with E-state index in [1.165, 1.54) is 40.2 Å². The molecule has 1 N–H and O–H groups in total. The Morgan fingerprint density at radius 3 is 2.02 bits per heavy atom. The van der Waals surface area contributed by atoms with Crippen LogP contribution < -0.4 is 15.1 Å². The number of allylic oxidation sites excluding steroid dienone is 8. The van der Waals surface area contributed by atoms with Gasteiger partial charge in [0.2, 0.25) is 5.91 Å². The van der Waals surface area contributed by atoms with E-state index in [1.54, 1.807) is 0 Å². The molecule has 5 nitrogen and oxygen atoms in total. The van der Waals surface area contributed by atoms with Gasteiger partial charge in [-0.3, -0.25) is 9.59 Å². The molecule has 0 radical (unpaired) electrons. The summed E-state index contributed by atoms with van der Waals surface area (Å²) in [6, 6.07) is 19.2. The topological polar surface area (TPSA) is 52.6 Å². The van der Waals surface area contributed by atoms with Crippen LogP contribution in [-0.2, 0) is 20.4 Å². The van der Waals surface area contributed by atoms with Crippen molar-refractivity contribution in [2.45, 2.75) is 72.1 Å². The van der Waals surface area contributed by atoms with Gasteiger partial charge in [-0.2, -0.15) is 0 Å². The largest absolute Gasteiger partial charge is 0.344 e. The zero-order valence-electron chi connectivity index (χ0n) is 27.0. The molecule has 0 aromatic heterocycles. The third kappa shape index (κ3) is 4.70. The summed E-state index contributed by atoms with van der Waals surface area (Å²) < 4.78 is 0. The van der Waals surface area contributed by atoms with E-state index in [4.69, 9.17) is 0 Å². The lowest BCUT2D eigenvalue weighted by atomic mass is 9.81. The molecule has 226 valence electrons. The Hall–Kier alpha value is -4.38. The number of hydrogen-bond acceptors (Lipinski definition) is 4. The maximum atomic E-state index is 13.6. The average Bonchev–Trinajstić information content (AvgIpc) is 3.53. The summed E-state index contributed by atoms with van der Waals surface area (Å²) >= 11 is 0. The number of carbonyl (C=O) groups excluding carboxylic acids is 2. The predicted octanol–water partition coefficient (Wildman–Crippen LogP) is 8.72. The molecule has 0 atom stereocenters. The fourth-order valence-electron chi connectivity index (χ4n) is 7.55. The minimum absolute atomic E-state index is 0.0789. The Kier molecular flexibility index (Phi) is 7.39. The van der Waals surface area contributed by atoms with Crippen molar-refractivity contribution in [3.8, 4) is 0 Å². The van der Waals surface area contributed by atoms with Gasteiger partial charge in [-0.15, -0.1) is 0 Å². The molecule has 2 aliphatic heterocycles. The summed E-state index contributed by atoms with van der Waals surface area (Å²) in [6.07, 6.45) is 9.93. The second-order valence-electron chi connectivity index (χ2n) is 13.1. The van der Waals surface area contributed by atoms with Crippen molar-refractivity contribution in [3.05, 3.63) is 113 Å². The van der Waals surface area contributed by atoms with E-state index >= 15 is 0 Å². The van der Waals surface area contributed by atoms with Gasteiger partial charge in [-0.25, -0.2) is 0 Å². The number of carbonyl (C=O) groups is 2. The molecule has 1 amide bonds. The van der Waals surface area contributed by atoms with Gasteiger partial charge in [0.15, 0.2) is 5.78 Å². The molecule has 1 saturated carbocycles. The van der Waals surface area contributed by atoms with Crippen LogP contribution in [0.1, 0.15) is 72.4 Å². The number of likely N-dealkylation sites (N-methyl/N-ethyl adjacent to an activating group) is 2. The number of benzene rings is 3. The normalized spacial score (nSPS) is 22.1. The second-order valence-corrected chi connectivity index (χ2v) is 13.1. The zero-order valence-corrected chi connectivity index (χ0v) is 27.0. The Morgan fingerprint density at radius 1 is 0.795 bits per heavy atom. The first-order valence-corrected chi connectivity index (χ1v) is 15.9. The van der Waals surface area contributed by atoms with Crippen LogP contribution in [0.3, 0.4) is 0 Å². The summed E-state index contributed by atoms with van der Waals surface area (Å²) in [5.41, 5.74) is 9.42. The average molecular weight is 586 g/mol. The molecule has 3 aromatic rings. The zero-order chi connectivity index (χ0) is 31.4. The fourth-order valence-corrected chi connectivity index (χ4v) is 7.55. The molecular formula is C39H43N3O2. The number of Topliss-reactive ketones (excluding diaryl/α,β-unsaturated/α-hetero) is 1. The van der Waals surface area contributed by atoms with Crippen LogP contribution >= 0.6 is 0 Å². The third-order valence-corrected chi connectivity index (χ3v) is 9.73. The van der Waals surface area contributed by atoms with Crippen molar-refractivity contribution < 1.29 is 9.59 Å². The number of amides is 1. The maximum Gasteiger partial charge on any atom is 0.221 e. The molecular weight excluding hydrogens is 542 g/mol. The van der Waals surface area contributed by atoms with E-state index in [2.05, 4.69) is 123 Å². The molecule has 3 aliphatic rings. The number of anilines is 3. The highest BCUT2D eigenvalue weighted by Gasteiger charge is 2.41. The number of rotatable bonds is 5. The number of fused-ring (bicyclic) bond motifs is 4. The van der Waals surface area contributed by atoms with Crippen molar-refractivity contribution in [1.29, 1.82) is 0 Å². The van der Waals surface area contributed by atoms with Gasteiger partial charge in [-0.05, 0) is 85.0 Å². The van der Waals surface area contributed by atoms with Gasteiger partial charge in [-0.1, -0.05) is 70.2 Å². The Balaban J connectivity index is 1.30. The first-order chi connectivity index (χ1) is 21.0. The van der Waals surface area contributed by atoms with Crippen LogP contribution in [0.15, 0.2) is 101 Å². The van der Waals surface area contributed by atoms with Crippen LogP contribution in [0.5, 0.6) is 0 Å². The lowest BCUT2D eigenvalue weighted by Crippen LogP contribution is -2.25. The molecule has 0 saturated heterocycles. The Bertz CT molecular complexity index is 1820. The monoisotopic (exact) mass is 585 g/mol. The van der Waals surface area contributed by atoms with Crippen molar-refractivity contribution in [2.24, 2.45) is 0 Å². The van der Waals surface area contributed by atoms with Gasteiger partial charge in [0, 0.05) is 70.4 Å². The van der Waals surface area contributed by atoms with E-state index in [0.29, 0.717) is 0 Å². The Labute approximate surface area is 261 Å². The molecule has 0 bridgehead atoms. The standard InChI is InChI=1S/C39H43N3O2/c1-8-41-32-21-19-29(40-25(3)43)24-31(32)38(4,5)34(41)22-17-27-14-15-28(37(27)44)18-23-35-39(6,7)36-30-13-11-10-12-26(30)16-20-33(36)42(35)9-2/h10-13,16-24H,8-9,14-15H2,1-7H3,(H,40,43)/b27-17+,28-18+,34-22+,35-23+.